The predicted molar refractivity (Wildman–Crippen MR) is 81.0 cm³/mol. The Hall–Kier alpha value is -1.75. The second-order valence-electron chi connectivity index (χ2n) is 4.91. The summed E-state index contributed by atoms with van der Waals surface area (Å²) in [6.45, 7) is 4.14. The van der Waals surface area contributed by atoms with Gasteiger partial charge in [-0.05, 0) is 24.6 Å². The minimum atomic E-state index is -0.941. The van der Waals surface area contributed by atoms with Gasteiger partial charge in [0.2, 0.25) is 0 Å². The number of carboxylic acid groups (broad SMARTS) is 1. The molecule has 1 aromatic carbocycles. The molecule has 0 aromatic heterocycles. The number of carbonyl (C=O) groups is 2. The second kappa shape index (κ2) is 7.88. The van der Waals surface area contributed by atoms with Crippen LogP contribution in [0.15, 0.2) is 18.2 Å². The van der Waals surface area contributed by atoms with Crippen LogP contribution in [-0.4, -0.2) is 42.1 Å². The zero-order valence-electron chi connectivity index (χ0n) is 12.4. The van der Waals surface area contributed by atoms with Crippen molar-refractivity contribution in [2.24, 2.45) is 5.92 Å². The van der Waals surface area contributed by atoms with Crippen molar-refractivity contribution in [3.8, 4) is 5.75 Å². The van der Waals surface area contributed by atoms with Crippen molar-refractivity contribution in [3.63, 3.8) is 0 Å². The molecule has 0 fully saturated rings. The summed E-state index contributed by atoms with van der Waals surface area (Å²) in [5, 5.41) is 9.35. The molecule has 5 nitrogen and oxygen atoms in total. The molecule has 21 heavy (non-hydrogen) atoms. The van der Waals surface area contributed by atoms with Gasteiger partial charge in [0.1, 0.15) is 5.75 Å². The van der Waals surface area contributed by atoms with Crippen LogP contribution in [0.3, 0.4) is 0 Å². The van der Waals surface area contributed by atoms with Crippen LogP contribution in [0.25, 0.3) is 0 Å². The van der Waals surface area contributed by atoms with E-state index in [0.717, 1.165) is 6.42 Å². The third-order valence-corrected chi connectivity index (χ3v) is 3.18. The Kier molecular flexibility index (Phi) is 6.49. The van der Waals surface area contributed by atoms with Crippen LogP contribution >= 0.6 is 11.6 Å². The number of aliphatic carboxylic acids is 1. The normalized spacial score (nSPS) is 11.8. The summed E-state index contributed by atoms with van der Waals surface area (Å²) in [7, 11) is 1.56. The van der Waals surface area contributed by atoms with E-state index in [4.69, 9.17) is 21.4 Å². The van der Waals surface area contributed by atoms with E-state index in [1.807, 2.05) is 6.92 Å². The van der Waals surface area contributed by atoms with E-state index in [-0.39, 0.29) is 12.5 Å². The molecule has 0 saturated heterocycles. The summed E-state index contributed by atoms with van der Waals surface area (Å²) in [5.41, 5.74) is 0.344. The Morgan fingerprint density at radius 1 is 1.43 bits per heavy atom. The Labute approximate surface area is 129 Å². The summed E-state index contributed by atoms with van der Waals surface area (Å²) in [6, 6.07) is 4.85. The number of rotatable bonds is 7. The number of amides is 1. The van der Waals surface area contributed by atoms with Crippen molar-refractivity contribution in [2.75, 3.05) is 20.2 Å². The molecule has 0 aliphatic rings. The lowest BCUT2D eigenvalue weighted by Gasteiger charge is -2.21. The van der Waals surface area contributed by atoms with Gasteiger partial charge in [0.25, 0.3) is 5.91 Å². The van der Waals surface area contributed by atoms with Gasteiger partial charge in [-0.3, -0.25) is 9.59 Å². The van der Waals surface area contributed by atoms with Crippen molar-refractivity contribution in [1.29, 1.82) is 0 Å². The smallest absolute Gasteiger partial charge is 0.308 e. The molecule has 116 valence electrons. The van der Waals surface area contributed by atoms with Crippen LogP contribution in [0.4, 0.5) is 0 Å². The molecule has 0 aliphatic heterocycles. The molecule has 0 bridgehead atoms. The molecule has 1 atom stereocenters. The van der Waals surface area contributed by atoms with Gasteiger partial charge < -0.3 is 14.7 Å². The molecule has 0 heterocycles. The van der Waals surface area contributed by atoms with Crippen LogP contribution in [0.2, 0.25) is 5.02 Å². The van der Waals surface area contributed by atoms with Crippen molar-refractivity contribution in [1.82, 2.24) is 4.90 Å². The third-order valence-electron chi connectivity index (χ3n) is 2.95. The SMILES string of the molecule is CCCOc1ccc(Cl)cc1C(=O)N(C)CC(C)C(=O)O. The number of benzene rings is 1. The highest BCUT2D eigenvalue weighted by atomic mass is 35.5. The number of halogens is 1. The van der Waals surface area contributed by atoms with Gasteiger partial charge in [-0.1, -0.05) is 25.4 Å². The molecule has 0 radical (unpaired) electrons. The quantitative estimate of drug-likeness (QED) is 0.840. The van der Waals surface area contributed by atoms with Crippen molar-refractivity contribution in [3.05, 3.63) is 28.8 Å². The fraction of sp³-hybridized carbons (Fsp3) is 0.467. The zero-order chi connectivity index (χ0) is 16.0. The van der Waals surface area contributed by atoms with Gasteiger partial charge in [0.05, 0.1) is 18.1 Å². The van der Waals surface area contributed by atoms with E-state index < -0.39 is 11.9 Å². The Morgan fingerprint density at radius 2 is 2.10 bits per heavy atom. The highest BCUT2D eigenvalue weighted by Crippen LogP contribution is 2.24. The second-order valence-corrected chi connectivity index (χ2v) is 5.35. The minimum Gasteiger partial charge on any atom is -0.493 e. The van der Waals surface area contributed by atoms with Gasteiger partial charge in [0.15, 0.2) is 0 Å². The average Bonchev–Trinajstić information content (AvgIpc) is 2.44. The standard InChI is InChI=1S/C15H20ClNO4/c1-4-7-21-13-6-5-11(16)8-12(13)14(18)17(3)9-10(2)15(19)20/h5-6,8,10H,4,7,9H2,1-3H3,(H,19,20). The molecule has 0 spiro atoms. The van der Waals surface area contributed by atoms with Crippen LogP contribution in [0.5, 0.6) is 5.75 Å². The zero-order valence-corrected chi connectivity index (χ0v) is 13.2. The van der Waals surface area contributed by atoms with Gasteiger partial charge in [-0.2, -0.15) is 0 Å². The molecular formula is C15H20ClNO4. The van der Waals surface area contributed by atoms with Gasteiger partial charge in [0, 0.05) is 18.6 Å². The first kappa shape index (κ1) is 17.3. The molecular weight excluding hydrogens is 294 g/mol. The lowest BCUT2D eigenvalue weighted by molar-refractivity contribution is -0.141. The summed E-state index contributed by atoms with van der Waals surface area (Å²) in [4.78, 5) is 24.7. The van der Waals surface area contributed by atoms with Crippen molar-refractivity contribution in [2.45, 2.75) is 20.3 Å². The van der Waals surface area contributed by atoms with Crippen molar-refractivity contribution < 1.29 is 19.4 Å². The van der Waals surface area contributed by atoms with Crippen LogP contribution in [-0.2, 0) is 4.79 Å². The lowest BCUT2D eigenvalue weighted by Crippen LogP contribution is -2.34. The lowest BCUT2D eigenvalue weighted by atomic mass is 10.1. The Bertz CT molecular complexity index is 518. The Morgan fingerprint density at radius 3 is 2.67 bits per heavy atom. The maximum atomic E-state index is 12.4. The molecule has 1 rings (SSSR count). The van der Waals surface area contributed by atoms with Gasteiger partial charge >= 0.3 is 5.97 Å². The first-order chi connectivity index (χ1) is 9.86. The number of carboxylic acids is 1. The van der Waals surface area contributed by atoms with E-state index >= 15 is 0 Å². The first-order valence-electron chi connectivity index (χ1n) is 6.77. The summed E-state index contributed by atoms with van der Waals surface area (Å²) < 4.78 is 5.54. The summed E-state index contributed by atoms with van der Waals surface area (Å²) >= 11 is 5.94. The Balaban J connectivity index is 2.94. The highest BCUT2D eigenvalue weighted by Gasteiger charge is 2.21. The maximum Gasteiger partial charge on any atom is 0.308 e. The number of hydrogen-bond donors (Lipinski definition) is 1. The largest absolute Gasteiger partial charge is 0.493 e. The topological polar surface area (TPSA) is 66.8 Å². The third kappa shape index (κ3) is 4.93. The van der Waals surface area contributed by atoms with Gasteiger partial charge in [-0.15, -0.1) is 0 Å². The predicted octanol–water partition coefficient (Wildman–Crippen LogP) is 2.92. The van der Waals surface area contributed by atoms with Crippen LogP contribution < -0.4 is 4.74 Å². The fourth-order valence-corrected chi connectivity index (χ4v) is 1.96. The van der Waals surface area contributed by atoms with Crippen molar-refractivity contribution >= 4 is 23.5 Å². The number of ether oxygens (including phenoxy) is 1. The van der Waals surface area contributed by atoms with E-state index in [9.17, 15) is 9.59 Å². The molecule has 0 saturated carbocycles. The van der Waals surface area contributed by atoms with E-state index in [1.165, 1.54) is 11.0 Å². The van der Waals surface area contributed by atoms with Crippen LogP contribution in [0, 0.1) is 5.92 Å². The summed E-state index contributed by atoms with van der Waals surface area (Å²) in [6.07, 6.45) is 0.822. The molecule has 0 aliphatic carbocycles. The fourth-order valence-electron chi connectivity index (χ4n) is 1.78. The molecule has 1 aromatic rings. The molecule has 1 amide bonds. The van der Waals surface area contributed by atoms with E-state index in [1.54, 1.807) is 26.1 Å². The molecule has 1 unspecified atom stereocenters. The number of nitrogens with zero attached hydrogens (tertiary/aromatic N) is 1. The monoisotopic (exact) mass is 313 g/mol. The number of hydrogen-bond acceptors (Lipinski definition) is 3. The van der Waals surface area contributed by atoms with E-state index in [0.29, 0.717) is 22.9 Å². The first-order valence-corrected chi connectivity index (χ1v) is 7.15. The maximum absolute atomic E-state index is 12.4. The average molecular weight is 314 g/mol. The molecule has 1 N–H and O–H groups in total. The number of carbonyl (C=O) groups excluding carboxylic acids is 1. The minimum absolute atomic E-state index is 0.119. The molecule has 6 heteroatoms. The summed E-state index contributed by atoms with van der Waals surface area (Å²) in [5.74, 6) is -1.43. The van der Waals surface area contributed by atoms with Crippen LogP contribution in [0.1, 0.15) is 30.6 Å². The van der Waals surface area contributed by atoms with Gasteiger partial charge in [-0.25, -0.2) is 0 Å². The van der Waals surface area contributed by atoms with E-state index in [2.05, 4.69) is 0 Å². The highest BCUT2D eigenvalue weighted by molar-refractivity contribution is 6.31.